The third-order valence-electron chi connectivity index (χ3n) is 3.15. The molecule has 0 aliphatic rings. The van der Waals surface area contributed by atoms with Gasteiger partial charge in [-0.25, -0.2) is 0 Å². The van der Waals surface area contributed by atoms with Crippen molar-refractivity contribution in [2.24, 2.45) is 0 Å². The topological polar surface area (TPSA) is 84.2 Å². The summed E-state index contributed by atoms with van der Waals surface area (Å²) < 4.78 is 0. The molecule has 1 unspecified atom stereocenters. The first-order valence-corrected chi connectivity index (χ1v) is 6.82. The third-order valence-corrected chi connectivity index (χ3v) is 3.15. The number of aryl methyl sites for hydroxylation is 2. The highest BCUT2D eigenvalue weighted by Gasteiger charge is 2.17. The van der Waals surface area contributed by atoms with Crippen LogP contribution in [0.5, 0.6) is 0 Å². The molecule has 20 heavy (non-hydrogen) atoms. The normalized spacial score (nSPS) is 11.8. The highest BCUT2D eigenvalue weighted by Crippen LogP contribution is 2.17. The molecule has 5 nitrogen and oxygen atoms in total. The van der Waals surface area contributed by atoms with Gasteiger partial charge in [-0.05, 0) is 44.4 Å². The maximum absolute atomic E-state index is 12.2. The second kappa shape index (κ2) is 6.93. The Morgan fingerprint density at radius 1 is 1.25 bits per heavy atom. The van der Waals surface area contributed by atoms with E-state index in [2.05, 4.69) is 10.6 Å². The summed E-state index contributed by atoms with van der Waals surface area (Å²) in [5.74, 6) is -0.466. The van der Waals surface area contributed by atoms with E-state index < -0.39 is 6.04 Å². The van der Waals surface area contributed by atoms with Crippen LogP contribution in [0.15, 0.2) is 12.1 Å². The van der Waals surface area contributed by atoms with Crippen LogP contribution in [0.2, 0.25) is 0 Å². The molecule has 4 N–H and O–H groups in total. The molecule has 1 atom stereocenters. The molecule has 0 aliphatic heterocycles. The number of nitrogens with one attached hydrogen (secondary N) is 2. The predicted octanol–water partition coefficient (Wildman–Crippen LogP) is 1.53. The van der Waals surface area contributed by atoms with Crippen molar-refractivity contribution in [3.63, 3.8) is 0 Å². The minimum absolute atomic E-state index is 0.182. The van der Waals surface area contributed by atoms with E-state index in [0.29, 0.717) is 17.8 Å². The zero-order chi connectivity index (χ0) is 15.3. The number of anilines is 1. The largest absolute Gasteiger partial charge is 0.398 e. The van der Waals surface area contributed by atoms with Gasteiger partial charge in [0.15, 0.2) is 0 Å². The molecule has 0 bridgehead atoms. The number of nitrogen functional groups attached to an aromatic ring is 1. The Hall–Kier alpha value is -2.04. The maximum Gasteiger partial charge on any atom is 0.252 e. The number of hydrogen-bond donors (Lipinski definition) is 3. The van der Waals surface area contributed by atoms with E-state index in [1.54, 1.807) is 13.0 Å². The van der Waals surface area contributed by atoms with Crippen molar-refractivity contribution in [2.45, 2.75) is 40.2 Å². The Morgan fingerprint density at radius 2 is 1.90 bits per heavy atom. The van der Waals surface area contributed by atoms with Gasteiger partial charge in [-0.2, -0.15) is 0 Å². The van der Waals surface area contributed by atoms with Crippen LogP contribution in [0.3, 0.4) is 0 Å². The minimum Gasteiger partial charge on any atom is -0.398 e. The first-order chi connectivity index (χ1) is 9.36. The lowest BCUT2D eigenvalue weighted by Crippen LogP contribution is -2.45. The summed E-state index contributed by atoms with van der Waals surface area (Å²) >= 11 is 0. The Bertz CT molecular complexity index is 512. The molecule has 1 rings (SSSR count). The van der Waals surface area contributed by atoms with Gasteiger partial charge in [0, 0.05) is 17.8 Å². The average Bonchev–Trinajstić information content (AvgIpc) is 2.39. The van der Waals surface area contributed by atoms with Gasteiger partial charge < -0.3 is 16.4 Å². The van der Waals surface area contributed by atoms with Gasteiger partial charge in [0.2, 0.25) is 5.91 Å². The number of benzene rings is 1. The predicted molar refractivity (Wildman–Crippen MR) is 80.6 cm³/mol. The molecule has 0 saturated heterocycles. The van der Waals surface area contributed by atoms with Crippen LogP contribution in [0.25, 0.3) is 0 Å². The van der Waals surface area contributed by atoms with Gasteiger partial charge in [-0.3, -0.25) is 9.59 Å². The summed E-state index contributed by atoms with van der Waals surface area (Å²) in [7, 11) is 0. The van der Waals surface area contributed by atoms with E-state index in [0.717, 1.165) is 17.5 Å². The number of carbonyl (C=O) groups excluding carboxylic acids is 2. The average molecular weight is 277 g/mol. The highest BCUT2D eigenvalue weighted by molar-refractivity contribution is 5.99. The molecule has 0 radical (unpaired) electrons. The second-order valence-electron chi connectivity index (χ2n) is 5.01. The molecule has 110 valence electrons. The summed E-state index contributed by atoms with van der Waals surface area (Å²) in [4.78, 5) is 23.9. The van der Waals surface area contributed by atoms with Gasteiger partial charge in [0.25, 0.3) is 5.91 Å². The lowest BCUT2D eigenvalue weighted by atomic mass is 10.0. The van der Waals surface area contributed by atoms with E-state index in [1.165, 1.54) is 0 Å². The fourth-order valence-corrected chi connectivity index (χ4v) is 1.85. The van der Waals surface area contributed by atoms with Gasteiger partial charge in [-0.15, -0.1) is 0 Å². The Kier molecular flexibility index (Phi) is 5.55. The number of nitrogens with two attached hydrogens (primary N) is 1. The summed E-state index contributed by atoms with van der Waals surface area (Å²) in [6, 6.07) is 2.94. The molecular weight excluding hydrogens is 254 g/mol. The monoisotopic (exact) mass is 277 g/mol. The second-order valence-corrected chi connectivity index (χ2v) is 5.01. The smallest absolute Gasteiger partial charge is 0.252 e. The molecule has 0 heterocycles. The summed E-state index contributed by atoms with van der Waals surface area (Å²) in [6.45, 7) is 7.99. The van der Waals surface area contributed by atoms with Crippen molar-refractivity contribution < 1.29 is 9.59 Å². The van der Waals surface area contributed by atoms with Crippen LogP contribution in [0.4, 0.5) is 5.69 Å². The van der Waals surface area contributed by atoms with Crippen molar-refractivity contribution in [2.75, 3.05) is 12.3 Å². The Morgan fingerprint density at radius 3 is 2.50 bits per heavy atom. The summed E-state index contributed by atoms with van der Waals surface area (Å²) in [5.41, 5.74) is 8.68. The van der Waals surface area contributed by atoms with E-state index in [1.807, 2.05) is 26.8 Å². The molecule has 1 aromatic carbocycles. The molecule has 5 heteroatoms. The fourth-order valence-electron chi connectivity index (χ4n) is 1.85. The summed E-state index contributed by atoms with van der Waals surface area (Å²) in [5, 5.41) is 5.43. The lowest BCUT2D eigenvalue weighted by Gasteiger charge is -2.15. The van der Waals surface area contributed by atoms with Gasteiger partial charge >= 0.3 is 0 Å². The number of rotatable bonds is 5. The lowest BCUT2D eigenvalue weighted by molar-refractivity contribution is -0.122. The molecular formula is C15H23N3O2. The van der Waals surface area contributed by atoms with Crippen molar-refractivity contribution in [1.82, 2.24) is 10.6 Å². The molecule has 0 fully saturated rings. The van der Waals surface area contributed by atoms with Crippen LogP contribution in [-0.4, -0.2) is 24.4 Å². The Balaban J connectivity index is 2.76. The molecule has 0 aromatic heterocycles. The SMILES string of the molecule is CCCNC(=O)C(C)NC(=O)c1cc(N)c(C)cc1C. The molecule has 1 aromatic rings. The number of hydrogen-bond acceptors (Lipinski definition) is 3. The van der Waals surface area contributed by atoms with Crippen molar-refractivity contribution in [3.8, 4) is 0 Å². The standard InChI is InChI=1S/C15H23N3O2/c1-5-6-17-14(19)11(4)18-15(20)12-8-13(16)10(3)7-9(12)2/h7-8,11H,5-6,16H2,1-4H3,(H,17,19)(H,18,20). The Labute approximate surface area is 119 Å². The van der Waals surface area contributed by atoms with Crippen LogP contribution < -0.4 is 16.4 Å². The minimum atomic E-state index is -0.573. The maximum atomic E-state index is 12.2. The van der Waals surface area contributed by atoms with Crippen LogP contribution in [0.1, 0.15) is 41.8 Å². The van der Waals surface area contributed by atoms with E-state index in [9.17, 15) is 9.59 Å². The van der Waals surface area contributed by atoms with E-state index >= 15 is 0 Å². The van der Waals surface area contributed by atoms with Gasteiger partial charge in [-0.1, -0.05) is 13.0 Å². The first kappa shape index (κ1) is 16.0. The van der Waals surface area contributed by atoms with Crippen molar-refractivity contribution in [1.29, 1.82) is 0 Å². The molecule has 0 spiro atoms. The van der Waals surface area contributed by atoms with E-state index in [4.69, 9.17) is 5.73 Å². The van der Waals surface area contributed by atoms with Crippen molar-refractivity contribution >= 4 is 17.5 Å². The number of carbonyl (C=O) groups is 2. The van der Waals surface area contributed by atoms with Gasteiger partial charge in [0.05, 0.1) is 0 Å². The summed E-state index contributed by atoms with van der Waals surface area (Å²) in [6.07, 6.45) is 0.861. The zero-order valence-electron chi connectivity index (χ0n) is 12.5. The molecule has 2 amide bonds. The third kappa shape index (κ3) is 3.98. The van der Waals surface area contributed by atoms with E-state index in [-0.39, 0.29) is 11.8 Å². The van der Waals surface area contributed by atoms with Crippen LogP contribution in [-0.2, 0) is 4.79 Å². The first-order valence-electron chi connectivity index (χ1n) is 6.82. The zero-order valence-corrected chi connectivity index (χ0v) is 12.5. The fraction of sp³-hybridized carbons (Fsp3) is 0.467. The molecule has 0 saturated carbocycles. The van der Waals surface area contributed by atoms with Gasteiger partial charge in [0.1, 0.15) is 6.04 Å². The van der Waals surface area contributed by atoms with Crippen LogP contribution in [0, 0.1) is 13.8 Å². The quantitative estimate of drug-likeness (QED) is 0.714. The highest BCUT2D eigenvalue weighted by atomic mass is 16.2. The van der Waals surface area contributed by atoms with Crippen LogP contribution >= 0.6 is 0 Å². The number of amides is 2. The van der Waals surface area contributed by atoms with Crippen molar-refractivity contribution in [3.05, 3.63) is 28.8 Å². The molecule has 0 aliphatic carbocycles.